The second-order valence-electron chi connectivity index (χ2n) is 3.74. The summed E-state index contributed by atoms with van der Waals surface area (Å²) in [5, 5.41) is 3.32. The van der Waals surface area contributed by atoms with E-state index in [0.29, 0.717) is 6.10 Å². The van der Waals surface area contributed by atoms with Gasteiger partial charge >= 0.3 is 0 Å². The third kappa shape index (κ3) is 4.07. The lowest BCUT2D eigenvalue weighted by Gasteiger charge is -2.35. The molecule has 78 valence electrons. The molecule has 0 heterocycles. The Morgan fingerprint density at radius 1 is 1.38 bits per heavy atom. The Kier molecular flexibility index (Phi) is 5.35. The molecule has 1 saturated carbocycles. The molecule has 0 aromatic carbocycles. The lowest BCUT2D eigenvalue weighted by Crippen LogP contribution is -2.34. The van der Waals surface area contributed by atoms with Crippen molar-refractivity contribution in [2.24, 2.45) is 11.7 Å². The molecule has 0 aromatic heterocycles. The van der Waals surface area contributed by atoms with Gasteiger partial charge in [0.15, 0.2) is 0 Å². The van der Waals surface area contributed by atoms with Crippen LogP contribution < -0.4 is 11.1 Å². The normalized spacial score (nSPS) is 27.2. The van der Waals surface area contributed by atoms with Crippen molar-refractivity contribution >= 4 is 0 Å². The summed E-state index contributed by atoms with van der Waals surface area (Å²) in [6.07, 6.45) is 4.37. The Labute approximate surface area is 81.0 Å². The Morgan fingerprint density at radius 3 is 2.77 bits per heavy atom. The van der Waals surface area contributed by atoms with Crippen molar-refractivity contribution in [3.8, 4) is 0 Å². The van der Waals surface area contributed by atoms with Crippen LogP contribution in [0.1, 0.15) is 26.2 Å². The minimum Gasteiger partial charge on any atom is -0.378 e. The largest absolute Gasteiger partial charge is 0.378 e. The molecular weight excluding hydrogens is 164 g/mol. The standard InChI is InChI=1S/C10H22N2O/c1-2-13-10-7-9(8-10)3-5-12-6-4-11/h9-10,12H,2-8,11H2,1H3. The topological polar surface area (TPSA) is 47.3 Å². The number of rotatable bonds is 7. The minimum atomic E-state index is 0.560. The van der Waals surface area contributed by atoms with Crippen LogP contribution in [0.5, 0.6) is 0 Å². The van der Waals surface area contributed by atoms with Gasteiger partial charge in [0, 0.05) is 19.7 Å². The summed E-state index contributed by atoms with van der Waals surface area (Å²) in [5.41, 5.74) is 5.37. The lowest BCUT2D eigenvalue weighted by molar-refractivity contribution is -0.0262. The summed E-state index contributed by atoms with van der Waals surface area (Å²) in [6.45, 7) is 5.73. The molecule has 0 bridgehead atoms. The molecule has 3 N–H and O–H groups in total. The van der Waals surface area contributed by atoms with Crippen molar-refractivity contribution in [3.63, 3.8) is 0 Å². The Balaban J connectivity index is 1.84. The number of hydrogen-bond donors (Lipinski definition) is 2. The van der Waals surface area contributed by atoms with E-state index in [-0.39, 0.29) is 0 Å². The molecule has 0 aromatic rings. The zero-order chi connectivity index (χ0) is 9.52. The van der Waals surface area contributed by atoms with E-state index in [2.05, 4.69) is 12.2 Å². The Bertz CT molecular complexity index is 124. The van der Waals surface area contributed by atoms with E-state index in [1.54, 1.807) is 0 Å². The highest BCUT2D eigenvalue weighted by Crippen LogP contribution is 2.32. The molecule has 0 amide bonds. The van der Waals surface area contributed by atoms with Crippen LogP contribution in [0.3, 0.4) is 0 Å². The maximum atomic E-state index is 5.50. The molecular formula is C10H22N2O. The molecule has 1 aliphatic rings. The van der Waals surface area contributed by atoms with Gasteiger partial charge in [0.2, 0.25) is 0 Å². The summed E-state index contributed by atoms with van der Waals surface area (Å²) in [7, 11) is 0. The Hall–Kier alpha value is -0.120. The predicted molar refractivity (Wildman–Crippen MR) is 54.7 cm³/mol. The van der Waals surface area contributed by atoms with Gasteiger partial charge in [-0.2, -0.15) is 0 Å². The maximum Gasteiger partial charge on any atom is 0.0580 e. The third-order valence-corrected chi connectivity index (χ3v) is 2.65. The van der Waals surface area contributed by atoms with Gasteiger partial charge in [-0.15, -0.1) is 0 Å². The highest BCUT2D eigenvalue weighted by molar-refractivity contribution is 4.80. The summed E-state index contributed by atoms with van der Waals surface area (Å²) in [5.74, 6) is 0.891. The van der Waals surface area contributed by atoms with E-state index in [0.717, 1.165) is 32.2 Å². The van der Waals surface area contributed by atoms with E-state index in [1.165, 1.54) is 19.3 Å². The third-order valence-electron chi connectivity index (χ3n) is 2.65. The molecule has 1 rings (SSSR count). The van der Waals surface area contributed by atoms with Crippen molar-refractivity contribution < 1.29 is 4.74 Å². The number of ether oxygens (including phenoxy) is 1. The van der Waals surface area contributed by atoms with Crippen LogP contribution in [-0.4, -0.2) is 32.3 Å². The molecule has 0 radical (unpaired) electrons. The van der Waals surface area contributed by atoms with E-state index >= 15 is 0 Å². The first-order chi connectivity index (χ1) is 6.36. The first-order valence-electron chi connectivity index (χ1n) is 5.39. The van der Waals surface area contributed by atoms with Gasteiger partial charge in [0.25, 0.3) is 0 Å². The van der Waals surface area contributed by atoms with Crippen molar-refractivity contribution in [1.29, 1.82) is 0 Å². The van der Waals surface area contributed by atoms with Gasteiger partial charge in [-0.05, 0) is 38.6 Å². The van der Waals surface area contributed by atoms with E-state index < -0.39 is 0 Å². The average Bonchev–Trinajstić information content (AvgIpc) is 2.07. The molecule has 0 spiro atoms. The molecule has 1 fully saturated rings. The second-order valence-corrected chi connectivity index (χ2v) is 3.74. The quantitative estimate of drug-likeness (QED) is 0.577. The van der Waals surface area contributed by atoms with Crippen LogP contribution in [0, 0.1) is 5.92 Å². The van der Waals surface area contributed by atoms with Gasteiger partial charge in [0.1, 0.15) is 0 Å². The first kappa shape index (κ1) is 11.0. The van der Waals surface area contributed by atoms with Gasteiger partial charge in [-0.3, -0.25) is 0 Å². The van der Waals surface area contributed by atoms with Crippen molar-refractivity contribution in [3.05, 3.63) is 0 Å². The van der Waals surface area contributed by atoms with E-state index in [4.69, 9.17) is 10.5 Å². The molecule has 1 aliphatic carbocycles. The van der Waals surface area contributed by atoms with E-state index in [9.17, 15) is 0 Å². The molecule has 0 saturated heterocycles. The molecule has 0 aliphatic heterocycles. The molecule has 3 nitrogen and oxygen atoms in total. The second kappa shape index (κ2) is 6.35. The van der Waals surface area contributed by atoms with Crippen molar-refractivity contribution in [1.82, 2.24) is 5.32 Å². The summed E-state index contributed by atoms with van der Waals surface area (Å²) in [6, 6.07) is 0. The highest BCUT2D eigenvalue weighted by atomic mass is 16.5. The zero-order valence-corrected chi connectivity index (χ0v) is 8.59. The van der Waals surface area contributed by atoms with E-state index in [1.807, 2.05) is 0 Å². The van der Waals surface area contributed by atoms with Crippen LogP contribution in [0.15, 0.2) is 0 Å². The van der Waals surface area contributed by atoms with Crippen molar-refractivity contribution in [2.45, 2.75) is 32.3 Å². The molecule has 0 atom stereocenters. The Morgan fingerprint density at radius 2 is 2.15 bits per heavy atom. The van der Waals surface area contributed by atoms with Crippen LogP contribution in [0.4, 0.5) is 0 Å². The summed E-state index contributed by atoms with van der Waals surface area (Å²) < 4.78 is 5.50. The molecule has 13 heavy (non-hydrogen) atoms. The maximum absolute atomic E-state index is 5.50. The highest BCUT2D eigenvalue weighted by Gasteiger charge is 2.28. The average molecular weight is 186 g/mol. The zero-order valence-electron chi connectivity index (χ0n) is 8.59. The predicted octanol–water partition coefficient (Wildman–Crippen LogP) is 0.740. The fourth-order valence-electron chi connectivity index (χ4n) is 1.82. The number of hydrogen-bond acceptors (Lipinski definition) is 3. The summed E-state index contributed by atoms with van der Waals surface area (Å²) in [4.78, 5) is 0. The van der Waals surface area contributed by atoms with Crippen LogP contribution in [0.2, 0.25) is 0 Å². The fourth-order valence-corrected chi connectivity index (χ4v) is 1.82. The lowest BCUT2D eigenvalue weighted by atomic mass is 9.80. The fraction of sp³-hybridized carbons (Fsp3) is 1.00. The SMILES string of the molecule is CCOC1CC(CCNCCN)C1. The van der Waals surface area contributed by atoms with Crippen LogP contribution in [-0.2, 0) is 4.74 Å². The molecule has 0 unspecified atom stereocenters. The summed E-state index contributed by atoms with van der Waals surface area (Å²) >= 11 is 0. The van der Waals surface area contributed by atoms with Crippen LogP contribution in [0.25, 0.3) is 0 Å². The first-order valence-corrected chi connectivity index (χ1v) is 5.39. The smallest absolute Gasteiger partial charge is 0.0580 e. The van der Waals surface area contributed by atoms with Crippen molar-refractivity contribution in [2.75, 3.05) is 26.2 Å². The monoisotopic (exact) mass is 186 g/mol. The minimum absolute atomic E-state index is 0.560. The van der Waals surface area contributed by atoms with Gasteiger partial charge in [-0.25, -0.2) is 0 Å². The van der Waals surface area contributed by atoms with Crippen LogP contribution >= 0.6 is 0 Å². The van der Waals surface area contributed by atoms with Gasteiger partial charge in [0.05, 0.1) is 6.10 Å². The number of nitrogens with one attached hydrogen (secondary N) is 1. The van der Waals surface area contributed by atoms with Gasteiger partial charge in [-0.1, -0.05) is 0 Å². The molecule has 3 heteroatoms. The van der Waals surface area contributed by atoms with Gasteiger partial charge < -0.3 is 15.8 Å². The number of nitrogens with two attached hydrogens (primary N) is 1.